The third-order valence-corrected chi connectivity index (χ3v) is 5.42. The summed E-state index contributed by atoms with van der Waals surface area (Å²) in [6.45, 7) is 2.10. The first kappa shape index (κ1) is 19.1. The van der Waals surface area contributed by atoms with Crippen LogP contribution in [0.2, 0.25) is 0 Å². The standard InChI is InChI=1S/C21H24FNO4/c1-14-12-27-17(11-18(24)25)19(14)20(26)23-13-21(8-3-2-4-9-21)15-6-5-7-16(22)10-15/h5-7,10,12H,2-4,8-9,11,13H2,1H3,(H,23,26)(H,24,25). The second kappa shape index (κ2) is 7.94. The summed E-state index contributed by atoms with van der Waals surface area (Å²) in [5.74, 6) is -1.53. The minimum absolute atomic E-state index is 0.154. The van der Waals surface area contributed by atoms with E-state index in [0.717, 1.165) is 37.7 Å². The summed E-state index contributed by atoms with van der Waals surface area (Å²) < 4.78 is 19.0. The van der Waals surface area contributed by atoms with E-state index in [9.17, 15) is 14.0 Å². The van der Waals surface area contributed by atoms with Crippen molar-refractivity contribution in [2.75, 3.05) is 6.54 Å². The van der Waals surface area contributed by atoms with Crippen LogP contribution in [0.25, 0.3) is 0 Å². The van der Waals surface area contributed by atoms with Gasteiger partial charge in [0.1, 0.15) is 18.0 Å². The average Bonchev–Trinajstić information content (AvgIpc) is 3.00. The molecule has 1 fully saturated rings. The zero-order valence-corrected chi connectivity index (χ0v) is 15.4. The number of aryl methyl sites for hydroxylation is 1. The second-order valence-electron chi connectivity index (χ2n) is 7.32. The van der Waals surface area contributed by atoms with Gasteiger partial charge in [-0.25, -0.2) is 4.39 Å². The highest BCUT2D eigenvalue weighted by Crippen LogP contribution is 2.39. The smallest absolute Gasteiger partial charge is 0.311 e. The Morgan fingerprint density at radius 3 is 2.67 bits per heavy atom. The first-order chi connectivity index (χ1) is 12.9. The molecule has 2 aromatic rings. The summed E-state index contributed by atoms with van der Waals surface area (Å²) in [5, 5.41) is 12.0. The van der Waals surface area contributed by atoms with E-state index in [-0.39, 0.29) is 34.9 Å². The Labute approximate surface area is 157 Å². The summed E-state index contributed by atoms with van der Waals surface area (Å²) in [6, 6.07) is 6.59. The Bertz CT molecular complexity index is 836. The summed E-state index contributed by atoms with van der Waals surface area (Å²) in [4.78, 5) is 23.8. The van der Waals surface area contributed by atoms with Gasteiger partial charge in [-0.15, -0.1) is 0 Å². The third kappa shape index (κ3) is 4.21. The minimum Gasteiger partial charge on any atom is -0.481 e. The topological polar surface area (TPSA) is 79.5 Å². The first-order valence-corrected chi connectivity index (χ1v) is 9.24. The van der Waals surface area contributed by atoms with Crippen LogP contribution in [0, 0.1) is 12.7 Å². The first-order valence-electron chi connectivity index (χ1n) is 9.24. The Morgan fingerprint density at radius 2 is 2.00 bits per heavy atom. The number of carbonyl (C=O) groups is 2. The maximum atomic E-state index is 13.8. The SMILES string of the molecule is Cc1coc(CC(=O)O)c1C(=O)NCC1(c2cccc(F)c2)CCCCC1. The minimum atomic E-state index is -1.05. The quantitative estimate of drug-likeness (QED) is 0.802. The molecular formula is C21H24FNO4. The van der Waals surface area contributed by atoms with E-state index in [4.69, 9.17) is 9.52 Å². The van der Waals surface area contributed by atoms with Gasteiger partial charge < -0.3 is 14.8 Å². The van der Waals surface area contributed by atoms with E-state index >= 15 is 0 Å². The second-order valence-corrected chi connectivity index (χ2v) is 7.32. The molecule has 1 aliphatic rings. The molecule has 5 nitrogen and oxygen atoms in total. The lowest BCUT2D eigenvalue weighted by Crippen LogP contribution is -2.42. The van der Waals surface area contributed by atoms with Crippen LogP contribution in [-0.4, -0.2) is 23.5 Å². The molecule has 1 amide bonds. The zero-order valence-electron chi connectivity index (χ0n) is 15.4. The molecule has 0 saturated heterocycles. The van der Waals surface area contributed by atoms with Crippen LogP contribution in [0.5, 0.6) is 0 Å². The number of carbonyl (C=O) groups excluding carboxylic acids is 1. The largest absolute Gasteiger partial charge is 0.481 e. The number of amides is 1. The van der Waals surface area contributed by atoms with Crippen molar-refractivity contribution in [2.45, 2.75) is 50.9 Å². The predicted molar refractivity (Wildman–Crippen MR) is 98.3 cm³/mol. The van der Waals surface area contributed by atoms with Gasteiger partial charge in [0.2, 0.25) is 0 Å². The van der Waals surface area contributed by atoms with Crippen molar-refractivity contribution < 1.29 is 23.5 Å². The molecule has 0 spiro atoms. The zero-order chi connectivity index (χ0) is 19.4. The molecule has 27 heavy (non-hydrogen) atoms. The van der Waals surface area contributed by atoms with E-state index in [0.29, 0.717) is 12.1 Å². The molecule has 1 aromatic heterocycles. The van der Waals surface area contributed by atoms with Gasteiger partial charge in [0.05, 0.1) is 11.8 Å². The molecule has 0 radical (unpaired) electrons. The molecule has 0 bridgehead atoms. The fourth-order valence-electron chi connectivity index (χ4n) is 4.02. The van der Waals surface area contributed by atoms with Crippen LogP contribution >= 0.6 is 0 Å². The molecule has 0 unspecified atom stereocenters. The van der Waals surface area contributed by atoms with Crippen molar-refractivity contribution in [3.05, 3.63) is 58.8 Å². The molecule has 144 valence electrons. The summed E-state index contributed by atoms with van der Waals surface area (Å²) >= 11 is 0. The van der Waals surface area contributed by atoms with Gasteiger partial charge in [-0.2, -0.15) is 0 Å². The van der Waals surface area contributed by atoms with Crippen molar-refractivity contribution in [1.29, 1.82) is 0 Å². The number of nitrogens with one attached hydrogen (secondary N) is 1. The maximum Gasteiger partial charge on any atom is 0.311 e. The molecule has 2 N–H and O–H groups in total. The lowest BCUT2D eigenvalue weighted by Gasteiger charge is -2.38. The Kier molecular flexibility index (Phi) is 5.63. The molecular weight excluding hydrogens is 349 g/mol. The van der Waals surface area contributed by atoms with Crippen molar-refractivity contribution in [2.24, 2.45) is 0 Å². The number of aliphatic carboxylic acids is 1. The van der Waals surface area contributed by atoms with Gasteiger partial charge in [0, 0.05) is 17.5 Å². The van der Waals surface area contributed by atoms with Gasteiger partial charge in [-0.1, -0.05) is 31.4 Å². The number of hydrogen-bond donors (Lipinski definition) is 2. The Hall–Kier alpha value is -2.63. The van der Waals surface area contributed by atoms with Gasteiger partial charge in [-0.05, 0) is 37.5 Å². The average molecular weight is 373 g/mol. The number of hydrogen-bond acceptors (Lipinski definition) is 3. The number of rotatable bonds is 6. The molecule has 1 heterocycles. The van der Waals surface area contributed by atoms with Gasteiger partial charge >= 0.3 is 5.97 Å². The Balaban J connectivity index is 1.81. The summed E-state index contributed by atoms with van der Waals surface area (Å²) in [5.41, 5.74) is 1.48. The highest BCUT2D eigenvalue weighted by atomic mass is 19.1. The fraction of sp³-hybridized carbons (Fsp3) is 0.429. The van der Waals surface area contributed by atoms with Gasteiger partial charge in [-0.3, -0.25) is 9.59 Å². The highest BCUT2D eigenvalue weighted by Gasteiger charge is 2.35. The molecule has 1 aromatic carbocycles. The highest BCUT2D eigenvalue weighted by molar-refractivity contribution is 5.97. The molecule has 6 heteroatoms. The van der Waals surface area contributed by atoms with Crippen LogP contribution < -0.4 is 5.32 Å². The van der Waals surface area contributed by atoms with Gasteiger partial charge in [0.15, 0.2) is 0 Å². The molecule has 0 aliphatic heterocycles. The van der Waals surface area contributed by atoms with Crippen LogP contribution in [0.4, 0.5) is 4.39 Å². The fourth-order valence-corrected chi connectivity index (χ4v) is 4.02. The number of carboxylic acid groups (broad SMARTS) is 1. The van der Waals surface area contributed by atoms with Crippen molar-refractivity contribution in [1.82, 2.24) is 5.32 Å². The number of furan rings is 1. The van der Waals surface area contributed by atoms with Crippen LogP contribution in [-0.2, 0) is 16.6 Å². The van der Waals surface area contributed by atoms with E-state index in [1.807, 2.05) is 6.07 Å². The van der Waals surface area contributed by atoms with E-state index < -0.39 is 5.97 Å². The van der Waals surface area contributed by atoms with Crippen LogP contribution in [0.15, 0.2) is 34.9 Å². The molecule has 1 saturated carbocycles. The summed E-state index contributed by atoms with van der Waals surface area (Å²) in [6.07, 6.45) is 6.01. The Morgan fingerprint density at radius 1 is 1.26 bits per heavy atom. The van der Waals surface area contributed by atoms with E-state index in [2.05, 4.69) is 5.32 Å². The lowest BCUT2D eigenvalue weighted by molar-refractivity contribution is -0.136. The van der Waals surface area contributed by atoms with E-state index in [1.165, 1.54) is 12.3 Å². The molecule has 3 rings (SSSR count). The van der Waals surface area contributed by atoms with Crippen molar-refractivity contribution in [3.8, 4) is 0 Å². The third-order valence-electron chi connectivity index (χ3n) is 5.42. The maximum absolute atomic E-state index is 13.8. The number of carboxylic acids is 1. The van der Waals surface area contributed by atoms with Crippen molar-refractivity contribution in [3.63, 3.8) is 0 Å². The monoisotopic (exact) mass is 373 g/mol. The van der Waals surface area contributed by atoms with Crippen LogP contribution in [0.1, 0.15) is 59.3 Å². The number of halogens is 1. The summed E-state index contributed by atoms with van der Waals surface area (Å²) in [7, 11) is 0. The van der Waals surface area contributed by atoms with Crippen molar-refractivity contribution >= 4 is 11.9 Å². The predicted octanol–water partition coefficient (Wildman–Crippen LogP) is 3.99. The molecule has 1 aliphatic carbocycles. The number of benzene rings is 1. The van der Waals surface area contributed by atoms with E-state index in [1.54, 1.807) is 19.1 Å². The lowest BCUT2D eigenvalue weighted by atomic mass is 9.69. The van der Waals surface area contributed by atoms with Crippen LogP contribution in [0.3, 0.4) is 0 Å². The molecule has 0 atom stereocenters. The normalized spacial score (nSPS) is 16.1. The van der Waals surface area contributed by atoms with Gasteiger partial charge in [0.25, 0.3) is 5.91 Å².